The molecular formula is C25H32N4O4. The first kappa shape index (κ1) is 23.4. The molecule has 2 amide bonds. The molecule has 0 aliphatic carbocycles. The van der Waals surface area contributed by atoms with E-state index in [9.17, 15) is 9.59 Å². The van der Waals surface area contributed by atoms with Crippen molar-refractivity contribution >= 4 is 11.8 Å². The van der Waals surface area contributed by atoms with E-state index in [1.165, 1.54) is 5.56 Å². The number of rotatable bonds is 7. The molecule has 2 saturated heterocycles. The monoisotopic (exact) mass is 452 g/mol. The van der Waals surface area contributed by atoms with Crippen molar-refractivity contribution in [3.63, 3.8) is 0 Å². The number of morpholine rings is 1. The Morgan fingerprint density at radius 2 is 1.61 bits per heavy atom. The zero-order valence-electron chi connectivity index (χ0n) is 18.8. The molecule has 0 spiro atoms. The molecule has 0 saturated carbocycles. The number of piperidine rings is 1. The molecule has 176 valence electrons. The van der Waals surface area contributed by atoms with Crippen LogP contribution in [0.25, 0.3) is 11.1 Å². The Bertz CT molecular complexity index is 920. The highest BCUT2D eigenvalue weighted by atomic mass is 16.5. The van der Waals surface area contributed by atoms with Gasteiger partial charge in [0, 0.05) is 25.2 Å². The van der Waals surface area contributed by atoms with E-state index in [4.69, 9.17) is 9.94 Å². The first-order chi connectivity index (χ1) is 16.1. The van der Waals surface area contributed by atoms with Crippen molar-refractivity contribution in [2.45, 2.75) is 25.4 Å². The Morgan fingerprint density at radius 3 is 2.21 bits per heavy atom. The molecule has 4 rings (SSSR count). The number of carbonyl (C=O) groups excluding carboxylic acids is 2. The quantitative estimate of drug-likeness (QED) is 0.377. The summed E-state index contributed by atoms with van der Waals surface area (Å²) in [4.78, 5) is 27.4. The molecular weight excluding hydrogens is 420 g/mol. The highest BCUT2D eigenvalue weighted by Crippen LogP contribution is 2.22. The molecule has 2 heterocycles. The van der Waals surface area contributed by atoms with Crippen LogP contribution in [0.1, 0.15) is 28.8 Å². The zero-order valence-corrected chi connectivity index (χ0v) is 18.8. The van der Waals surface area contributed by atoms with Gasteiger partial charge in [0.15, 0.2) is 0 Å². The molecule has 2 fully saturated rings. The average Bonchev–Trinajstić information content (AvgIpc) is 2.88. The van der Waals surface area contributed by atoms with Gasteiger partial charge in [0.2, 0.25) is 0 Å². The predicted octanol–water partition coefficient (Wildman–Crippen LogP) is 1.79. The molecule has 33 heavy (non-hydrogen) atoms. The molecule has 8 nitrogen and oxygen atoms in total. The van der Waals surface area contributed by atoms with Crippen LogP contribution in [0.15, 0.2) is 48.5 Å². The summed E-state index contributed by atoms with van der Waals surface area (Å²) in [5.41, 5.74) is 5.55. The average molecular weight is 453 g/mol. The maximum atomic E-state index is 12.8. The number of nitrogens with one attached hydrogen (secondary N) is 3. The van der Waals surface area contributed by atoms with Gasteiger partial charge in [-0.3, -0.25) is 19.7 Å². The maximum absolute atomic E-state index is 12.8. The normalized spacial score (nSPS) is 18.5. The van der Waals surface area contributed by atoms with Gasteiger partial charge in [0.05, 0.1) is 13.2 Å². The van der Waals surface area contributed by atoms with Crippen LogP contribution in [0, 0.1) is 5.92 Å². The highest BCUT2D eigenvalue weighted by molar-refractivity contribution is 5.97. The van der Waals surface area contributed by atoms with Crippen LogP contribution < -0.4 is 16.1 Å². The van der Waals surface area contributed by atoms with Gasteiger partial charge in [-0.1, -0.05) is 36.4 Å². The van der Waals surface area contributed by atoms with Crippen molar-refractivity contribution in [3.8, 4) is 11.1 Å². The standard InChI is InChI=1S/C25H32N4O4/c30-24(27-23(25(31)28-32)21-9-11-26-12-10-21)22-7-5-20(6-8-22)19-3-1-18(2-4-19)17-29-13-15-33-16-14-29/h1-8,21,23,26,32H,9-17H2,(H,27,30)(H,28,31)/t23-/m0/s1. The number of ether oxygens (including phenoxy) is 1. The fraction of sp³-hybridized carbons (Fsp3) is 0.440. The van der Waals surface area contributed by atoms with E-state index in [1.807, 2.05) is 12.1 Å². The third kappa shape index (κ3) is 6.17. The second-order valence-corrected chi connectivity index (χ2v) is 8.68. The van der Waals surface area contributed by atoms with Crippen molar-refractivity contribution in [1.82, 2.24) is 21.0 Å². The number of benzene rings is 2. The number of carbonyl (C=O) groups is 2. The fourth-order valence-corrected chi connectivity index (χ4v) is 4.50. The van der Waals surface area contributed by atoms with Crippen LogP contribution in [0.2, 0.25) is 0 Å². The lowest BCUT2D eigenvalue weighted by Gasteiger charge is -2.29. The van der Waals surface area contributed by atoms with E-state index < -0.39 is 11.9 Å². The molecule has 0 bridgehead atoms. The number of hydrogen-bond donors (Lipinski definition) is 4. The van der Waals surface area contributed by atoms with Gasteiger partial charge >= 0.3 is 0 Å². The third-order valence-electron chi connectivity index (χ3n) is 6.48. The van der Waals surface area contributed by atoms with Gasteiger partial charge < -0.3 is 15.4 Å². The summed E-state index contributed by atoms with van der Waals surface area (Å²) in [7, 11) is 0. The van der Waals surface area contributed by atoms with E-state index in [2.05, 4.69) is 39.8 Å². The Morgan fingerprint density at radius 1 is 1.00 bits per heavy atom. The smallest absolute Gasteiger partial charge is 0.266 e. The SMILES string of the molecule is O=C(N[C@H](C(=O)NO)C1CCNCC1)c1ccc(-c2ccc(CN3CCOCC3)cc2)cc1. The van der Waals surface area contributed by atoms with Crippen molar-refractivity contribution < 1.29 is 19.5 Å². The summed E-state index contributed by atoms with van der Waals surface area (Å²) in [6, 6.07) is 15.1. The van der Waals surface area contributed by atoms with Crippen molar-refractivity contribution in [3.05, 3.63) is 59.7 Å². The van der Waals surface area contributed by atoms with Gasteiger partial charge in [-0.15, -0.1) is 0 Å². The summed E-state index contributed by atoms with van der Waals surface area (Å²) in [6.07, 6.45) is 1.53. The Kier molecular flexibility index (Phi) is 8.06. The molecule has 2 aromatic rings. The summed E-state index contributed by atoms with van der Waals surface area (Å²) in [5.74, 6) is -0.920. The van der Waals surface area contributed by atoms with Gasteiger partial charge in [-0.2, -0.15) is 0 Å². The third-order valence-corrected chi connectivity index (χ3v) is 6.48. The summed E-state index contributed by atoms with van der Waals surface area (Å²) >= 11 is 0. The van der Waals surface area contributed by atoms with Gasteiger partial charge in [0.1, 0.15) is 6.04 Å². The van der Waals surface area contributed by atoms with Crippen LogP contribution >= 0.6 is 0 Å². The van der Waals surface area contributed by atoms with Crippen LogP contribution in [0.5, 0.6) is 0 Å². The lowest BCUT2D eigenvalue weighted by atomic mass is 9.89. The zero-order chi connectivity index (χ0) is 23.0. The van der Waals surface area contributed by atoms with Crippen LogP contribution in [-0.4, -0.2) is 67.4 Å². The fourth-order valence-electron chi connectivity index (χ4n) is 4.50. The first-order valence-corrected chi connectivity index (χ1v) is 11.6. The minimum atomic E-state index is -0.761. The van der Waals surface area contributed by atoms with Gasteiger partial charge in [-0.05, 0) is 60.7 Å². The second-order valence-electron chi connectivity index (χ2n) is 8.68. The minimum Gasteiger partial charge on any atom is -0.379 e. The molecule has 2 aliphatic rings. The second kappa shape index (κ2) is 11.4. The van der Waals surface area contributed by atoms with E-state index >= 15 is 0 Å². The van der Waals surface area contributed by atoms with Crippen LogP contribution in [-0.2, 0) is 16.1 Å². The summed E-state index contributed by atoms with van der Waals surface area (Å²) < 4.78 is 5.41. The van der Waals surface area contributed by atoms with Crippen molar-refractivity contribution in [1.29, 1.82) is 0 Å². The van der Waals surface area contributed by atoms with Gasteiger partial charge in [-0.25, -0.2) is 5.48 Å². The number of hydroxylamine groups is 1. The van der Waals surface area contributed by atoms with E-state index in [0.717, 1.165) is 69.9 Å². The van der Waals surface area contributed by atoms with E-state index in [0.29, 0.717) is 5.56 Å². The summed E-state index contributed by atoms with van der Waals surface area (Å²) in [6.45, 7) is 6.00. The Balaban J connectivity index is 1.38. The van der Waals surface area contributed by atoms with E-state index in [-0.39, 0.29) is 11.8 Å². The Hall–Kier alpha value is -2.78. The lowest BCUT2D eigenvalue weighted by Crippen LogP contribution is -2.52. The minimum absolute atomic E-state index is 0.0161. The number of hydrogen-bond acceptors (Lipinski definition) is 6. The molecule has 2 aliphatic heterocycles. The van der Waals surface area contributed by atoms with Gasteiger partial charge in [0.25, 0.3) is 11.8 Å². The molecule has 4 N–H and O–H groups in total. The molecule has 0 aromatic heterocycles. The Labute approximate surface area is 194 Å². The lowest BCUT2D eigenvalue weighted by molar-refractivity contribution is -0.132. The number of nitrogens with zero attached hydrogens (tertiary/aromatic N) is 1. The highest BCUT2D eigenvalue weighted by Gasteiger charge is 2.31. The molecule has 8 heteroatoms. The number of amides is 2. The maximum Gasteiger partial charge on any atom is 0.266 e. The van der Waals surface area contributed by atoms with Crippen LogP contribution in [0.4, 0.5) is 0 Å². The van der Waals surface area contributed by atoms with Crippen LogP contribution in [0.3, 0.4) is 0 Å². The van der Waals surface area contributed by atoms with E-state index in [1.54, 1.807) is 17.6 Å². The van der Waals surface area contributed by atoms with Crippen molar-refractivity contribution in [2.75, 3.05) is 39.4 Å². The largest absolute Gasteiger partial charge is 0.379 e. The topological polar surface area (TPSA) is 103 Å². The molecule has 0 radical (unpaired) electrons. The molecule has 2 aromatic carbocycles. The predicted molar refractivity (Wildman–Crippen MR) is 125 cm³/mol. The first-order valence-electron chi connectivity index (χ1n) is 11.6. The molecule has 0 unspecified atom stereocenters. The summed E-state index contributed by atoms with van der Waals surface area (Å²) in [5, 5.41) is 15.2. The van der Waals surface area contributed by atoms with Crippen molar-refractivity contribution in [2.24, 2.45) is 5.92 Å². The molecule has 1 atom stereocenters.